The van der Waals surface area contributed by atoms with Crippen molar-refractivity contribution in [1.82, 2.24) is 4.90 Å². The summed E-state index contributed by atoms with van der Waals surface area (Å²) in [5, 5.41) is 2.98. The first-order valence-electron chi connectivity index (χ1n) is 8.56. The molecule has 5 heteroatoms. The Balaban J connectivity index is 2.13. The van der Waals surface area contributed by atoms with Crippen molar-refractivity contribution in [3.05, 3.63) is 29.3 Å². The molecule has 1 aromatic rings. The molecule has 5 nitrogen and oxygen atoms in total. The Bertz CT molecular complexity index is 620. The van der Waals surface area contributed by atoms with Gasteiger partial charge in [0.05, 0.1) is 0 Å². The first-order valence-corrected chi connectivity index (χ1v) is 8.56. The summed E-state index contributed by atoms with van der Waals surface area (Å²) in [5.41, 5.74) is 2.41. The van der Waals surface area contributed by atoms with E-state index in [4.69, 9.17) is 4.74 Å². The van der Waals surface area contributed by atoms with E-state index < -0.39 is 17.7 Å². The number of carbonyl (C=O) groups is 2. The van der Waals surface area contributed by atoms with Crippen LogP contribution in [0.4, 0.5) is 10.5 Å². The molecule has 1 aliphatic heterocycles. The van der Waals surface area contributed by atoms with E-state index in [0.29, 0.717) is 13.0 Å². The van der Waals surface area contributed by atoms with Crippen LogP contribution in [-0.2, 0) is 9.53 Å². The molecule has 1 aromatic carbocycles. The molecule has 0 aromatic heterocycles. The molecular formula is C19H28N2O3. The second-order valence-electron chi connectivity index (χ2n) is 7.42. The number of nitrogens with one attached hydrogen (secondary N) is 1. The molecule has 1 unspecified atom stereocenters. The predicted octanol–water partition coefficient (Wildman–Crippen LogP) is 4.03. The van der Waals surface area contributed by atoms with Gasteiger partial charge in [0, 0.05) is 12.2 Å². The van der Waals surface area contributed by atoms with Gasteiger partial charge >= 0.3 is 6.09 Å². The minimum Gasteiger partial charge on any atom is -0.444 e. The molecular weight excluding hydrogens is 304 g/mol. The van der Waals surface area contributed by atoms with Crippen molar-refractivity contribution < 1.29 is 14.3 Å². The average molecular weight is 332 g/mol. The SMILES string of the molecule is Cc1cccc(NC(=O)C2CCCCN2C(=O)OC(C)(C)C)c1C. The molecule has 1 atom stereocenters. The van der Waals surface area contributed by atoms with Gasteiger partial charge in [-0.15, -0.1) is 0 Å². The number of likely N-dealkylation sites (tertiary alicyclic amines) is 1. The van der Waals surface area contributed by atoms with Crippen molar-refractivity contribution in [3.63, 3.8) is 0 Å². The van der Waals surface area contributed by atoms with Crippen LogP contribution in [0.25, 0.3) is 0 Å². The van der Waals surface area contributed by atoms with Crippen molar-refractivity contribution in [2.75, 3.05) is 11.9 Å². The van der Waals surface area contributed by atoms with Gasteiger partial charge in [-0.1, -0.05) is 12.1 Å². The molecule has 0 aliphatic carbocycles. The normalized spacial score (nSPS) is 18.2. The standard InChI is InChI=1S/C19H28N2O3/c1-13-9-8-10-15(14(13)2)20-17(22)16-11-6-7-12-21(16)18(23)24-19(3,4)5/h8-10,16H,6-7,11-12H2,1-5H3,(H,20,22). The van der Waals surface area contributed by atoms with Gasteiger partial charge in [-0.05, 0) is 71.1 Å². The van der Waals surface area contributed by atoms with Gasteiger partial charge < -0.3 is 10.1 Å². The lowest BCUT2D eigenvalue weighted by atomic mass is 10.0. The van der Waals surface area contributed by atoms with Crippen molar-refractivity contribution in [2.45, 2.75) is 65.5 Å². The molecule has 24 heavy (non-hydrogen) atoms. The van der Waals surface area contributed by atoms with Gasteiger partial charge in [-0.3, -0.25) is 9.69 Å². The van der Waals surface area contributed by atoms with Crippen LogP contribution in [-0.4, -0.2) is 35.1 Å². The molecule has 0 spiro atoms. The Labute approximate surface area is 144 Å². The quantitative estimate of drug-likeness (QED) is 0.889. The van der Waals surface area contributed by atoms with Crippen molar-refractivity contribution in [1.29, 1.82) is 0 Å². The molecule has 1 N–H and O–H groups in total. The smallest absolute Gasteiger partial charge is 0.410 e. The molecule has 0 saturated carbocycles. The molecule has 1 aliphatic rings. The largest absolute Gasteiger partial charge is 0.444 e. The van der Waals surface area contributed by atoms with E-state index in [2.05, 4.69) is 5.32 Å². The maximum atomic E-state index is 12.8. The number of hydrogen-bond acceptors (Lipinski definition) is 3. The first-order chi connectivity index (χ1) is 11.2. The summed E-state index contributed by atoms with van der Waals surface area (Å²) in [6, 6.07) is 5.35. The van der Waals surface area contributed by atoms with E-state index in [1.165, 1.54) is 0 Å². The van der Waals surface area contributed by atoms with Crippen LogP contribution in [0.15, 0.2) is 18.2 Å². The molecule has 1 heterocycles. The minimum absolute atomic E-state index is 0.144. The average Bonchev–Trinajstić information content (AvgIpc) is 2.50. The number of ether oxygens (including phenoxy) is 1. The summed E-state index contributed by atoms with van der Waals surface area (Å²) in [7, 11) is 0. The number of carbonyl (C=O) groups excluding carboxylic acids is 2. The fourth-order valence-corrected chi connectivity index (χ4v) is 2.85. The van der Waals surface area contributed by atoms with Crippen LogP contribution in [0.3, 0.4) is 0 Å². The highest BCUT2D eigenvalue weighted by atomic mass is 16.6. The van der Waals surface area contributed by atoms with E-state index in [9.17, 15) is 9.59 Å². The second kappa shape index (κ2) is 7.24. The highest BCUT2D eigenvalue weighted by Crippen LogP contribution is 2.23. The maximum Gasteiger partial charge on any atom is 0.410 e. The summed E-state index contributed by atoms with van der Waals surface area (Å²) in [5.74, 6) is -0.144. The van der Waals surface area contributed by atoms with Crippen LogP contribution < -0.4 is 5.32 Å². The zero-order valence-electron chi connectivity index (χ0n) is 15.3. The third-order valence-corrected chi connectivity index (χ3v) is 4.30. The lowest BCUT2D eigenvalue weighted by Crippen LogP contribution is -2.51. The van der Waals surface area contributed by atoms with E-state index in [1.807, 2.05) is 52.8 Å². The Kier molecular flexibility index (Phi) is 5.52. The minimum atomic E-state index is -0.567. The summed E-state index contributed by atoms with van der Waals surface area (Å²) >= 11 is 0. The molecule has 1 saturated heterocycles. The molecule has 2 amide bonds. The van der Waals surface area contributed by atoms with Crippen molar-refractivity contribution in [3.8, 4) is 0 Å². The second-order valence-corrected chi connectivity index (χ2v) is 7.42. The van der Waals surface area contributed by atoms with Gasteiger partial charge in [-0.2, -0.15) is 0 Å². The highest BCUT2D eigenvalue weighted by molar-refractivity contribution is 5.97. The number of piperidine rings is 1. The van der Waals surface area contributed by atoms with E-state index in [-0.39, 0.29) is 5.91 Å². The number of benzene rings is 1. The van der Waals surface area contributed by atoms with Crippen LogP contribution in [0, 0.1) is 13.8 Å². The van der Waals surface area contributed by atoms with E-state index in [0.717, 1.165) is 29.7 Å². The number of nitrogens with zero attached hydrogens (tertiary/aromatic N) is 1. The Morgan fingerprint density at radius 2 is 1.92 bits per heavy atom. The molecule has 0 radical (unpaired) electrons. The summed E-state index contributed by atoms with van der Waals surface area (Å²) in [6.45, 7) is 10.1. The van der Waals surface area contributed by atoms with Gasteiger partial charge in [0.2, 0.25) is 5.91 Å². The topological polar surface area (TPSA) is 58.6 Å². The summed E-state index contributed by atoms with van der Waals surface area (Å²) < 4.78 is 5.46. The van der Waals surface area contributed by atoms with Gasteiger partial charge in [0.1, 0.15) is 11.6 Å². The van der Waals surface area contributed by atoms with E-state index in [1.54, 1.807) is 4.90 Å². The Hall–Kier alpha value is -2.04. The Morgan fingerprint density at radius 3 is 2.58 bits per heavy atom. The lowest BCUT2D eigenvalue weighted by Gasteiger charge is -2.35. The van der Waals surface area contributed by atoms with Gasteiger partial charge in [0.15, 0.2) is 0 Å². The number of anilines is 1. The molecule has 132 valence electrons. The maximum absolute atomic E-state index is 12.8. The summed E-state index contributed by atoms with van der Waals surface area (Å²) in [6.07, 6.45) is 2.08. The van der Waals surface area contributed by atoms with Gasteiger partial charge in [-0.25, -0.2) is 4.79 Å². The van der Waals surface area contributed by atoms with Crippen LogP contribution in [0.1, 0.15) is 51.2 Å². The first kappa shape index (κ1) is 18.3. The van der Waals surface area contributed by atoms with Crippen LogP contribution in [0.5, 0.6) is 0 Å². The van der Waals surface area contributed by atoms with Crippen molar-refractivity contribution in [2.24, 2.45) is 0 Å². The monoisotopic (exact) mass is 332 g/mol. The van der Waals surface area contributed by atoms with Crippen molar-refractivity contribution >= 4 is 17.7 Å². The number of hydrogen-bond donors (Lipinski definition) is 1. The summed E-state index contributed by atoms with van der Waals surface area (Å²) in [4.78, 5) is 26.7. The zero-order chi connectivity index (χ0) is 17.9. The number of rotatable bonds is 2. The van der Waals surface area contributed by atoms with Gasteiger partial charge in [0.25, 0.3) is 0 Å². The van der Waals surface area contributed by atoms with Crippen LogP contribution >= 0.6 is 0 Å². The lowest BCUT2D eigenvalue weighted by molar-refractivity contribution is -0.122. The number of amides is 2. The zero-order valence-corrected chi connectivity index (χ0v) is 15.3. The fraction of sp³-hybridized carbons (Fsp3) is 0.579. The third-order valence-electron chi connectivity index (χ3n) is 4.30. The van der Waals surface area contributed by atoms with E-state index >= 15 is 0 Å². The highest BCUT2D eigenvalue weighted by Gasteiger charge is 2.34. The fourth-order valence-electron chi connectivity index (χ4n) is 2.85. The molecule has 1 fully saturated rings. The number of aryl methyl sites for hydroxylation is 1. The molecule has 2 rings (SSSR count). The van der Waals surface area contributed by atoms with Crippen LogP contribution in [0.2, 0.25) is 0 Å². The predicted molar refractivity (Wildman–Crippen MR) is 95.1 cm³/mol. The third kappa shape index (κ3) is 4.49. The molecule has 0 bridgehead atoms. The Morgan fingerprint density at radius 1 is 1.21 bits per heavy atom.